The molecule has 1 aliphatic carbocycles. The first-order chi connectivity index (χ1) is 9.80. The van der Waals surface area contributed by atoms with Gasteiger partial charge in [-0.2, -0.15) is 5.26 Å². The van der Waals surface area contributed by atoms with E-state index in [1.807, 2.05) is 36.0 Å². The molecule has 104 valence electrons. The van der Waals surface area contributed by atoms with E-state index in [1.165, 1.54) is 37.9 Å². The van der Waals surface area contributed by atoms with Crippen LogP contribution in [0.15, 0.2) is 29.3 Å². The third kappa shape index (κ3) is 2.99. The first-order valence-corrected chi connectivity index (χ1v) is 8.23. The Morgan fingerprint density at radius 2 is 1.90 bits per heavy atom. The molecule has 1 aromatic rings. The fraction of sp³-hybridized carbons (Fsp3) is 0.500. The van der Waals surface area contributed by atoms with Crippen molar-refractivity contribution in [1.82, 2.24) is 0 Å². The minimum absolute atomic E-state index is 0.471. The van der Waals surface area contributed by atoms with Crippen LogP contribution in [0.4, 0.5) is 5.69 Å². The van der Waals surface area contributed by atoms with Crippen LogP contribution in [-0.4, -0.2) is 17.5 Å². The maximum atomic E-state index is 8.79. The Morgan fingerprint density at radius 1 is 1.15 bits per heavy atom. The Balaban J connectivity index is 1.63. The van der Waals surface area contributed by atoms with Gasteiger partial charge >= 0.3 is 0 Å². The zero-order chi connectivity index (χ0) is 13.8. The Bertz CT molecular complexity index is 536. The van der Waals surface area contributed by atoms with Crippen molar-refractivity contribution in [1.29, 1.82) is 5.26 Å². The standard InChI is InChI=1S/C16H19N3S/c17-10-13-4-6-14(7-5-13)19-15-18-11-16(12-20-15)8-2-1-3-9-16/h4-7H,1-3,8-9,11-12H2,(H,18,19). The van der Waals surface area contributed by atoms with Gasteiger partial charge in [-0.25, -0.2) is 0 Å². The molecule has 20 heavy (non-hydrogen) atoms. The van der Waals surface area contributed by atoms with Crippen LogP contribution in [0.2, 0.25) is 0 Å². The number of hydrogen-bond acceptors (Lipinski definition) is 4. The molecule has 0 aromatic heterocycles. The largest absolute Gasteiger partial charge is 0.335 e. The summed E-state index contributed by atoms with van der Waals surface area (Å²) in [4.78, 5) is 4.75. The lowest BCUT2D eigenvalue weighted by molar-refractivity contribution is 0.232. The van der Waals surface area contributed by atoms with Gasteiger partial charge in [-0.15, -0.1) is 0 Å². The molecule has 1 aliphatic heterocycles. The summed E-state index contributed by atoms with van der Waals surface area (Å²) >= 11 is 1.85. The van der Waals surface area contributed by atoms with E-state index in [9.17, 15) is 0 Å². The highest BCUT2D eigenvalue weighted by Crippen LogP contribution is 2.41. The molecule has 3 nitrogen and oxygen atoms in total. The molecule has 0 bridgehead atoms. The normalized spacial score (nSPS) is 21.1. The smallest absolute Gasteiger partial charge is 0.161 e. The number of aliphatic imine (C=N–C) groups is 1. The summed E-state index contributed by atoms with van der Waals surface area (Å²) in [6.07, 6.45) is 6.82. The van der Waals surface area contributed by atoms with Gasteiger partial charge in [0, 0.05) is 18.0 Å². The molecule has 1 saturated carbocycles. The van der Waals surface area contributed by atoms with Crippen molar-refractivity contribution in [2.24, 2.45) is 10.4 Å². The highest BCUT2D eigenvalue weighted by atomic mass is 32.2. The number of benzene rings is 1. The van der Waals surface area contributed by atoms with Crippen LogP contribution < -0.4 is 5.32 Å². The van der Waals surface area contributed by atoms with Gasteiger partial charge in [0.2, 0.25) is 0 Å². The van der Waals surface area contributed by atoms with E-state index in [1.54, 1.807) is 0 Å². The molecule has 1 fully saturated rings. The van der Waals surface area contributed by atoms with Crippen LogP contribution in [0.3, 0.4) is 0 Å². The van der Waals surface area contributed by atoms with E-state index in [0.717, 1.165) is 17.4 Å². The van der Waals surface area contributed by atoms with Gasteiger partial charge in [-0.3, -0.25) is 4.99 Å². The molecule has 0 saturated heterocycles. The number of anilines is 1. The summed E-state index contributed by atoms with van der Waals surface area (Å²) < 4.78 is 0. The van der Waals surface area contributed by atoms with Gasteiger partial charge in [-0.1, -0.05) is 31.0 Å². The predicted octanol–water partition coefficient (Wildman–Crippen LogP) is 4.02. The average Bonchev–Trinajstić information content (AvgIpc) is 2.52. The Labute approximate surface area is 124 Å². The number of hydrogen-bond donors (Lipinski definition) is 1. The van der Waals surface area contributed by atoms with E-state index >= 15 is 0 Å². The van der Waals surface area contributed by atoms with Crippen LogP contribution >= 0.6 is 11.8 Å². The Kier molecular flexibility index (Phi) is 3.98. The van der Waals surface area contributed by atoms with E-state index < -0.39 is 0 Å². The van der Waals surface area contributed by atoms with E-state index in [-0.39, 0.29) is 0 Å². The Morgan fingerprint density at radius 3 is 2.50 bits per heavy atom. The molecule has 1 spiro atoms. The van der Waals surface area contributed by atoms with E-state index in [2.05, 4.69) is 11.4 Å². The van der Waals surface area contributed by atoms with Crippen molar-refractivity contribution in [2.75, 3.05) is 17.6 Å². The molecule has 3 rings (SSSR count). The lowest BCUT2D eigenvalue weighted by Crippen LogP contribution is -2.35. The molecule has 4 heteroatoms. The number of amidine groups is 1. The molecule has 0 atom stereocenters. The third-order valence-electron chi connectivity index (χ3n) is 4.25. The second-order valence-corrected chi connectivity index (χ2v) is 6.75. The summed E-state index contributed by atoms with van der Waals surface area (Å²) in [5.41, 5.74) is 2.17. The second kappa shape index (κ2) is 5.88. The molecule has 2 aliphatic rings. The van der Waals surface area contributed by atoms with Crippen LogP contribution in [0.25, 0.3) is 0 Å². The number of nitrogens with one attached hydrogen (secondary N) is 1. The van der Waals surface area contributed by atoms with Gasteiger partial charge in [0.15, 0.2) is 5.17 Å². The molecule has 1 heterocycles. The van der Waals surface area contributed by atoms with E-state index in [0.29, 0.717) is 11.0 Å². The van der Waals surface area contributed by atoms with Crippen molar-refractivity contribution in [3.8, 4) is 6.07 Å². The van der Waals surface area contributed by atoms with Gasteiger partial charge in [0.05, 0.1) is 11.6 Å². The summed E-state index contributed by atoms with van der Waals surface area (Å²) in [5, 5.41) is 13.2. The molecule has 1 N–H and O–H groups in total. The second-order valence-electron chi connectivity index (χ2n) is 5.78. The van der Waals surface area contributed by atoms with Gasteiger partial charge in [0.25, 0.3) is 0 Å². The molecule has 0 radical (unpaired) electrons. The number of nitrogens with zero attached hydrogens (tertiary/aromatic N) is 2. The maximum absolute atomic E-state index is 8.79. The SMILES string of the molecule is N#Cc1ccc(NC2=NCC3(CCCCC3)CS2)cc1. The van der Waals surface area contributed by atoms with Crippen molar-refractivity contribution in [3.05, 3.63) is 29.8 Å². The molecule has 1 aromatic carbocycles. The Hall–Kier alpha value is -1.47. The van der Waals surface area contributed by atoms with Gasteiger partial charge in [-0.05, 0) is 42.5 Å². The molecular weight excluding hydrogens is 266 g/mol. The average molecular weight is 285 g/mol. The lowest BCUT2D eigenvalue weighted by atomic mass is 9.75. The lowest BCUT2D eigenvalue weighted by Gasteiger charge is -2.38. The summed E-state index contributed by atoms with van der Waals surface area (Å²) in [6.45, 7) is 0.971. The van der Waals surface area contributed by atoms with E-state index in [4.69, 9.17) is 10.3 Å². The zero-order valence-corrected chi connectivity index (χ0v) is 12.4. The zero-order valence-electron chi connectivity index (χ0n) is 11.6. The number of rotatable bonds is 1. The maximum Gasteiger partial charge on any atom is 0.161 e. The monoisotopic (exact) mass is 285 g/mol. The first-order valence-electron chi connectivity index (χ1n) is 7.24. The van der Waals surface area contributed by atoms with Crippen LogP contribution in [0, 0.1) is 16.7 Å². The van der Waals surface area contributed by atoms with Crippen LogP contribution in [0.5, 0.6) is 0 Å². The third-order valence-corrected chi connectivity index (χ3v) is 5.51. The quantitative estimate of drug-likeness (QED) is 0.847. The minimum Gasteiger partial charge on any atom is -0.335 e. The van der Waals surface area contributed by atoms with Crippen molar-refractivity contribution < 1.29 is 0 Å². The van der Waals surface area contributed by atoms with Crippen LogP contribution in [-0.2, 0) is 0 Å². The predicted molar refractivity (Wildman–Crippen MR) is 85.1 cm³/mol. The fourth-order valence-corrected chi connectivity index (χ4v) is 4.15. The minimum atomic E-state index is 0.471. The van der Waals surface area contributed by atoms with Crippen molar-refractivity contribution in [2.45, 2.75) is 32.1 Å². The summed E-state index contributed by atoms with van der Waals surface area (Å²) in [6, 6.07) is 9.67. The fourth-order valence-electron chi connectivity index (χ4n) is 2.98. The number of nitriles is 1. The number of thioether (sulfide) groups is 1. The molecular formula is C16H19N3S. The molecule has 0 amide bonds. The van der Waals surface area contributed by atoms with Crippen molar-refractivity contribution in [3.63, 3.8) is 0 Å². The topological polar surface area (TPSA) is 48.2 Å². The highest BCUT2D eigenvalue weighted by molar-refractivity contribution is 8.14. The first kappa shape index (κ1) is 13.5. The summed E-state index contributed by atoms with van der Waals surface area (Å²) in [7, 11) is 0. The van der Waals surface area contributed by atoms with Crippen molar-refractivity contribution >= 4 is 22.6 Å². The molecule has 0 unspecified atom stereocenters. The highest BCUT2D eigenvalue weighted by Gasteiger charge is 2.34. The summed E-state index contributed by atoms with van der Waals surface area (Å²) in [5.74, 6) is 1.19. The van der Waals surface area contributed by atoms with Gasteiger partial charge in [0.1, 0.15) is 0 Å². The van der Waals surface area contributed by atoms with Gasteiger partial charge < -0.3 is 5.32 Å². The van der Waals surface area contributed by atoms with Crippen LogP contribution in [0.1, 0.15) is 37.7 Å².